The van der Waals surface area contributed by atoms with Crippen molar-refractivity contribution in [1.29, 1.82) is 0 Å². The molecule has 0 aliphatic heterocycles. The van der Waals surface area contributed by atoms with Crippen molar-refractivity contribution >= 4 is 5.69 Å². The molecular weight excluding hydrogens is 256 g/mol. The minimum Gasteiger partial charge on any atom is -0.374 e. The fourth-order valence-electron chi connectivity index (χ4n) is 2.36. The molecular formula is C19H18N2. The summed E-state index contributed by atoms with van der Waals surface area (Å²) in [4.78, 5) is 4.43. The summed E-state index contributed by atoms with van der Waals surface area (Å²) in [5.74, 6) is 0. The Labute approximate surface area is 125 Å². The Morgan fingerprint density at radius 3 is 2.05 bits per heavy atom. The van der Waals surface area contributed by atoms with Crippen LogP contribution in [0.5, 0.6) is 0 Å². The normalized spacial score (nSPS) is 11.9. The molecule has 1 unspecified atom stereocenters. The average molecular weight is 274 g/mol. The topological polar surface area (TPSA) is 24.9 Å². The number of hydrogen-bond acceptors (Lipinski definition) is 2. The van der Waals surface area contributed by atoms with Gasteiger partial charge < -0.3 is 5.32 Å². The summed E-state index contributed by atoms with van der Waals surface area (Å²) < 4.78 is 0. The zero-order valence-electron chi connectivity index (χ0n) is 12.0. The molecule has 3 rings (SSSR count). The van der Waals surface area contributed by atoms with Crippen LogP contribution in [-0.4, -0.2) is 4.98 Å². The number of anilines is 1. The van der Waals surface area contributed by atoms with Crippen LogP contribution in [0.3, 0.4) is 0 Å². The van der Waals surface area contributed by atoms with Crippen LogP contribution in [0.25, 0.3) is 0 Å². The Morgan fingerprint density at radius 1 is 0.762 bits per heavy atom. The summed E-state index contributed by atoms with van der Waals surface area (Å²) in [7, 11) is 0. The van der Waals surface area contributed by atoms with Crippen LogP contribution >= 0.6 is 0 Å². The first-order valence-electron chi connectivity index (χ1n) is 7.12. The van der Waals surface area contributed by atoms with Gasteiger partial charge in [-0.05, 0) is 36.2 Å². The van der Waals surface area contributed by atoms with Crippen molar-refractivity contribution in [1.82, 2.24) is 4.98 Å². The molecule has 0 aliphatic carbocycles. The van der Waals surface area contributed by atoms with Crippen LogP contribution in [0.2, 0.25) is 0 Å². The lowest BCUT2D eigenvalue weighted by atomic mass is 9.99. The van der Waals surface area contributed by atoms with Gasteiger partial charge >= 0.3 is 0 Å². The number of benzene rings is 2. The zero-order valence-corrected chi connectivity index (χ0v) is 12.0. The summed E-state index contributed by atoms with van der Waals surface area (Å²) in [5.41, 5.74) is 4.53. The van der Waals surface area contributed by atoms with Gasteiger partial charge in [-0.1, -0.05) is 54.6 Å². The van der Waals surface area contributed by atoms with Gasteiger partial charge in [-0.2, -0.15) is 0 Å². The van der Waals surface area contributed by atoms with Gasteiger partial charge in [0.05, 0.1) is 6.04 Å². The Bertz CT molecular complexity index is 676. The summed E-state index contributed by atoms with van der Waals surface area (Å²) in [6, 6.07) is 25.0. The van der Waals surface area contributed by atoms with Crippen molar-refractivity contribution in [3.05, 3.63) is 95.8 Å². The molecule has 3 aromatic rings. The predicted molar refractivity (Wildman–Crippen MR) is 87.3 cm³/mol. The van der Waals surface area contributed by atoms with E-state index in [9.17, 15) is 0 Å². The van der Waals surface area contributed by atoms with Crippen molar-refractivity contribution < 1.29 is 0 Å². The highest BCUT2D eigenvalue weighted by Crippen LogP contribution is 2.26. The molecule has 1 atom stereocenters. The summed E-state index contributed by atoms with van der Waals surface area (Å²) in [6.07, 6.45) is 1.95. The highest BCUT2D eigenvalue weighted by atomic mass is 14.9. The maximum absolute atomic E-state index is 4.43. The number of nitrogens with one attached hydrogen (secondary N) is 1. The molecule has 0 amide bonds. The minimum absolute atomic E-state index is 0.0988. The molecule has 0 bridgehead atoms. The Hall–Kier alpha value is -2.61. The van der Waals surface area contributed by atoms with E-state index in [1.807, 2.05) is 37.4 Å². The van der Waals surface area contributed by atoms with E-state index in [1.165, 1.54) is 5.56 Å². The molecule has 2 nitrogen and oxygen atoms in total. The standard InChI is InChI=1S/C19H18N2/c1-15-12-13-17(14-20-15)19(16-8-4-2-5-9-16)21-18-10-6-3-7-11-18/h2-14,19,21H,1H3. The number of rotatable bonds is 4. The van der Waals surface area contributed by atoms with Crippen LogP contribution < -0.4 is 5.32 Å². The summed E-state index contributed by atoms with van der Waals surface area (Å²) in [5, 5.41) is 3.59. The molecule has 0 radical (unpaired) electrons. The number of hydrogen-bond donors (Lipinski definition) is 1. The van der Waals surface area contributed by atoms with Gasteiger partial charge in [0.25, 0.3) is 0 Å². The fourth-order valence-corrected chi connectivity index (χ4v) is 2.36. The van der Waals surface area contributed by atoms with Gasteiger partial charge in [-0.3, -0.25) is 4.98 Å². The first kappa shape index (κ1) is 13.4. The number of para-hydroxylation sites is 1. The van der Waals surface area contributed by atoms with Gasteiger partial charge in [-0.25, -0.2) is 0 Å². The van der Waals surface area contributed by atoms with Crippen LogP contribution in [0.4, 0.5) is 5.69 Å². The van der Waals surface area contributed by atoms with Crippen LogP contribution in [-0.2, 0) is 0 Å². The number of aromatic nitrogens is 1. The first-order valence-corrected chi connectivity index (χ1v) is 7.12. The smallest absolute Gasteiger partial charge is 0.0782 e. The monoisotopic (exact) mass is 274 g/mol. The molecule has 104 valence electrons. The lowest BCUT2D eigenvalue weighted by Crippen LogP contribution is -2.12. The van der Waals surface area contributed by atoms with Crippen molar-refractivity contribution in [3.8, 4) is 0 Å². The van der Waals surface area contributed by atoms with Crippen LogP contribution in [0.1, 0.15) is 22.9 Å². The van der Waals surface area contributed by atoms with Crippen molar-refractivity contribution in [2.75, 3.05) is 5.32 Å². The third-order valence-electron chi connectivity index (χ3n) is 3.49. The summed E-state index contributed by atoms with van der Waals surface area (Å²) >= 11 is 0. The molecule has 0 saturated heterocycles. The molecule has 1 aromatic heterocycles. The Balaban J connectivity index is 1.97. The SMILES string of the molecule is Cc1ccc(C(Nc2ccccc2)c2ccccc2)cn1. The van der Waals surface area contributed by atoms with E-state index in [2.05, 4.69) is 58.8 Å². The van der Waals surface area contributed by atoms with Crippen LogP contribution in [0.15, 0.2) is 79.0 Å². The number of nitrogens with zero attached hydrogens (tertiary/aromatic N) is 1. The first-order chi connectivity index (χ1) is 10.3. The molecule has 0 spiro atoms. The maximum Gasteiger partial charge on any atom is 0.0782 e. The molecule has 2 aromatic carbocycles. The highest BCUT2D eigenvalue weighted by Gasteiger charge is 2.13. The van der Waals surface area contributed by atoms with E-state index in [0.717, 1.165) is 16.9 Å². The quantitative estimate of drug-likeness (QED) is 0.752. The van der Waals surface area contributed by atoms with Gasteiger partial charge in [0, 0.05) is 17.6 Å². The molecule has 2 heteroatoms. The number of aryl methyl sites for hydroxylation is 1. The van der Waals surface area contributed by atoms with E-state index in [4.69, 9.17) is 0 Å². The lowest BCUT2D eigenvalue weighted by molar-refractivity contribution is 0.923. The van der Waals surface area contributed by atoms with E-state index in [0.29, 0.717) is 0 Å². The van der Waals surface area contributed by atoms with E-state index in [-0.39, 0.29) is 6.04 Å². The molecule has 0 saturated carbocycles. The predicted octanol–water partition coefficient (Wildman–Crippen LogP) is 4.59. The van der Waals surface area contributed by atoms with Crippen LogP contribution in [0, 0.1) is 6.92 Å². The van der Waals surface area contributed by atoms with E-state index < -0.39 is 0 Å². The van der Waals surface area contributed by atoms with Gasteiger partial charge in [0.15, 0.2) is 0 Å². The van der Waals surface area contributed by atoms with E-state index in [1.54, 1.807) is 0 Å². The minimum atomic E-state index is 0.0988. The lowest BCUT2D eigenvalue weighted by Gasteiger charge is -2.21. The second kappa shape index (κ2) is 6.23. The third-order valence-corrected chi connectivity index (χ3v) is 3.49. The van der Waals surface area contributed by atoms with E-state index >= 15 is 0 Å². The van der Waals surface area contributed by atoms with Gasteiger partial charge in [0.1, 0.15) is 0 Å². The third kappa shape index (κ3) is 3.29. The van der Waals surface area contributed by atoms with Gasteiger partial charge in [-0.15, -0.1) is 0 Å². The van der Waals surface area contributed by atoms with Crippen molar-refractivity contribution in [3.63, 3.8) is 0 Å². The highest BCUT2D eigenvalue weighted by molar-refractivity contribution is 5.48. The molecule has 1 heterocycles. The fraction of sp³-hybridized carbons (Fsp3) is 0.105. The maximum atomic E-state index is 4.43. The Morgan fingerprint density at radius 2 is 1.43 bits per heavy atom. The van der Waals surface area contributed by atoms with Crippen molar-refractivity contribution in [2.24, 2.45) is 0 Å². The Kier molecular flexibility index (Phi) is 3.97. The molecule has 21 heavy (non-hydrogen) atoms. The largest absolute Gasteiger partial charge is 0.374 e. The average Bonchev–Trinajstić information content (AvgIpc) is 2.55. The van der Waals surface area contributed by atoms with Gasteiger partial charge in [0.2, 0.25) is 0 Å². The summed E-state index contributed by atoms with van der Waals surface area (Å²) in [6.45, 7) is 2.01. The van der Waals surface area contributed by atoms with Crippen molar-refractivity contribution in [2.45, 2.75) is 13.0 Å². The second-order valence-electron chi connectivity index (χ2n) is 5.09. The molecule has 0 fully saturated rings. The second-order valence-corrected chi connectivity index (χ2v) is 5.09. The zero-order chi connectivity index (χ0) is 14.5. The molecule has 1 N–H and O–H groups in total. The number of pyridine rings is 1. The molecule has 0 aliphatic rings.